The summed E-state index contributed by atoms with van der Waals surface area (Å²) in [6, 6.07) is 0. The molecule has 13 heavy (non-hydrogen) atoms. The van der Waals surface area contributed by atoms with E-state index in [2.05, 4.69) is 10.3 Å². The van der Waals surface area contributed by atoms with E-state index in [1.807, 2.05) is 12.3 Å². The van der Waals surface area contributed by atoms with Gasteiger partial charge in [-0.25, -0.2) is 4.98 Å². The van der Waals surface area contributed by atoms with Gasteiger partial charge in [0.2, 0.25) is 5.91 Å². The minimum absolute atomic E-state index is 0.0417. The largest absolute Gasteiger partial charge is 0.330 e. The van der Waals surface area contributed by atoms with E-state index in [1.54, 1.807) is 6.20 Å². The van der Waals surface area contributed by atoms with Gasteiger partial charge in [0.1, 0.15) is 0 Å². The Morgan fingerprint density at radius 1 is 1.85 bits per heavy atom. The molecule has 1 aromatic heterocycles. The summed E-state index contributed by atoms with van der Waals surface area (Å²) in [5.41, 5.74) is 5.44. The van der Waals surface area contributed by atoms with Crippen LogP contribution in [0.2, 0.25) is 0 Å². The quantitative estimate of drug-likeness (QED) is 0.762. The highest BCUT2D eigenvalue weighted by molar-refractivity contribution is 7.13. The van der Waals surface area contributed by atoms with Gasteiger partial charge in [-0.05, 0) is 6.42 Å². The van der Waals surface area contributed by atoms with E-state index in [9.17, 15) is 4.79 Å². The average molecular weight is 199 g/mol. The molecule has 0 aliphatic heterocycles. The van der Waals surface area contributed by atoms with Crippen LogP contribution in [-0.4, -0.2) is 17.4 Å². The van der Waals surface area contributed by atoms with Crippen molar-refractivity contribution in [3.05, 3.63) is 11.6 Å². The molecule has 1 rings (SSSR count). The monoisotopic (exact) mass is 199 g/mol. The van der Waals surface area contributed by atoms with Crippen LogP contribution >= 0.6 is 11.3 Å². The zero-order chi connectivity index (χ0) is 9.68. The molecule has 3 N–H and O–H groups in total. The molecular formula is C8H13N3OS. The Bertz CT molecular complexity index is 256. The summed E-state index contributed by atoms with van der Waals surface area (Å²) < 4.78 is 0. The third-order valence-corrected chi connectivity index (χ3v) is 2.50. The van der Waals surface area contributed by atoms with Crippen LogP contribution in [0.4, 0.5) is 5.13 Å². The van der Waals surface area contributed by atoms with Crippen LogP contribution in [0.1, 0.15) is 13.3 Å². The summed E-state index contributed by atoms with van der Waals surface area (Å²) in [4.78, 5) is 15.4. The minimum Gasteiger partial charge on any atom is -0.330 e. The van der Waals surface area contributed by atoms with Crippen molar-refractivity contribution in [3.8, 4) is 0 Å². The highest BCUT2D eigenvalue weighted by atomic mass is 32.1. The maximum Gasteiger partial charge on any atom is 0.230 e. The van der Waals surface area contributed by atoms with Crippen molar-refractivity contribution in [1.29, 1.82) is 0 Å². The Balaban J connectivity index is 2.49. The fourth-order valence-electron chi connectivity index (χ4n) is 0.952. The van der Waals surface area contributed by atoms with Crippen LogP contribution in [0.3, 0.4) is 0 Å². The molecule has 72 valence electrons. The maximum absolute atomic E-state index is 11.4. The molecule has 0 fully saturated rings. The standard InChI is InChI=1S/C8H13N3OS/c1-2-6(5-9)7(12)11-8-10-3-4-13-8/h3-4,6H,2,5,9H2,1H3,(H,10,11,12). The van der Waals surface area contributed by atoms with Crippen LogP contribution in [0, 0.1) is 5.92 Å². The number of nitrogens with two attached hydrogens (primary N) is 1. The van der Waals surface area contributed by atoms with E-state index in [0.717, 1.165) is 6.42 Å². The SMILES string of the molecule is CCC(CN)C(=O)Nc1nccs1. The second-order valence-electron chi connectivity index (χ2n) is 2.67. The number of hydrogen-bond donors (Lipinski definition) is 2. The summed E-state index contributed by atoms with van der Waals surface area (Å²) >= 11 is 1.41. The van der Waals surface area contributed by atoms with Gasteiger partial charge in [-0.2, -0.15) is 0 Å². The zero-order valence-electron chi connectivity index (χ0n) is 7.49. The highest BCUT2D eigenvalue weighted by Crippen LogP contribution is 2.12. The van der Waals surface area contributed by atoms with Crippen molar-refractivity contribution in [2.75, 3.05) is 11.9 Å². The lowest BCUT2D eigenvalue weighted by Crippen LogP contribution is -2.28. The van der Waals surface area contributed by atoms with Gasteiger partial charge < -0.3 is 11.1 Å². The predicted octanol–water partition coefficient (Wildman–Crippen LogP) is 1.07. The Hall–Kier alpha value is -0.940. The molecular weight excluding hydrogens is 186 g/mol. The lowest BCUT2D eigenvalue weighted by Gasteiger charge is -2.10. The van der Waals surface area contributed by atoms with Gasteiger partial charge in [0, 0.05) is 18.1 Å². The number of nitrogens with one attached hydrogen (secondary N) is 1. The second-order valence-corrected chi connectivity index (χ2v) is 3.56. The van der Waals surface area contributed by atoms with E-state index in [-0.39, 0.29) is 11.8 Å². The number of aromatic nitrogens is 1. The Morgan fingerprint density at radius 3 is 3.08 bits per heavy atom. The van der Waals surface area contributed by atoms with E-state index >= 15 is 0 Å². The number of carbonyl (C=O) groups excluding carboxylic acids is 1. The topological polar surface area (TPSA) is 68.0 Å². The number of hydrogen-bond acceptors (Lipinski definition) is 4. The number of carbonyl (C=O) groups is 1. The number of rotatable bonds is 4. The maximum atomic E-state index is 11.4. The van der Waals surface area contributed by atoms with Crippen LogP contribution in [-0.2, 0) is 4.79 Å². The van der Waals surface area contributed by atoms with Crippen molar-refractivity contribution in [2.45, 2.75) is 13.3 Å². The van der Waals surface area contributed by atoms with Gasteiger partial charge in [-0.1, -0.05) is 6.92 Å². The molecule has 0 aromatic carbocycles. The van der Waals surface area contributed by atoms with Crippen molar-refractivity contribution >= 4 is 22.4 Å². The molecule has 1 unspecified atom stereocenters. The van der Waals surface area contributed by atoms with Crippen molar-refractivity contribution in [3.63, 3.8) is 0 Å². The molecule has 0 radical (unpaired) electrons. The van der Waals surface area contributed by atoms with Crippen molar-refractivity contribution in [1.82, 2.24) is 4.98 Å². The number of thiazole rings is 1. The first kappa shape index (κ1) is 10.1. The molecule has 0 spiro atoms. The van der Waals surface area contributed by atoms with Gasteiger partial charge in [0.25, 0.3) is 0 Å². The van der Waals surface area contributed by atoms with Gasteiger partial charge >= 0.3 is 0 Å². The van der Waals surface area contributed by atoms with Crippen molar-refractivity contribution in [2.24, 2.45) is 11.7 Å². The second kappa shape index (κ2) is 4.94. The van der Waals surface area contributed by atoms with E-state index < -0.39 is 0 Å². The predicted molar refractivity (Wildman–Crippen MR) is 53.6 cm³/mol. The summed E-state index contributed by atoms with van der Waals surface area (Å²) in [6.07, 6.45) is 2.41. The van der Waals surface area contributed by atoms with Crippen LogP contribution in [0.5, 0.6) is 0 Å². The van der Waals surface area contributed by atoms with E-state index in [1.165, 1.54) is 11.3 Å². The lowest BCUT2D eigenvalue weighted by molar-refractivity contribution is -0.119. The summed E-state index contributed by atoms with van der Waals surface area (Å²) in [7, 11) is 0. The molecule has 0 bridgehead atoms. The third-order valence-electron chi connectivity index (χ3n) is 1.81. The molecule has 1 amide bonds. The summed E-state index contributed by atoms with van der Waals surface area (Å²) in [5, 5.41) is 5.17. The normalized spacial score (nSPS) is 12.5. The number of amides is 1. The van der Waals surface area contributed by atoms with E-state index in [4.69, 9.17) is 5.73 Å². The summed E-state index contributed by atoms with van der Waals surface area (Å²) in [6.45, 7) is 2.33. The molecule has 1 atom stereocenters. The number of anilines is 1. The van der Waals surface area contributed by atoms with Gasteiger partial charge in [0.15, 0.2) is 5.13 Å². The first-order valence-corrected chi connectivity index (χ1v) is 5.06. The number of nitrogens with zero attached hydrogens (tertiary/aromatic N) is 1. The first-order chi connectivity index (χ1) is 6.27. The minimum atomic E-state index is -0.108. The molecule has 1 aromatic rings. The molecule has 5 heteroatoms. The smallest absolute Gasteiger partial charge is 0.230 e. The highest BCUT2D eigenvalue weighted by Gasteiger charge is 2.14. The average Bonchev–Trinajstić information content (AvgIpc) is 2.59. The molecule has 0 aliphatic carbocycles. The Labute approximate surface area is 81.2 Å². The van der Waals surface area contributed by atoms with Gasteiger partial charge in [0.05, 0.1) is 5.92 Å². The third kappa shape index (κ3) is 2.78. The fraction of sp³-hybridized carbons (Fsp3) is 0.500. The molecule has 4 nitrogen and oxygen atoms in total. The Morgan fingerprint density at radius 2 is 2.62 bits per heavy atom. The first-order valence-electron chi connectivity index (χ1n) is 4.18. The molecule has 0 aliphatic rings. The fourth-order valence-corrected chi connectivity index (χ4v) is 1.48. The molecule has 1 heterocycles. The van der Waals surface area contributed by atoms with Crippen molar-refractivity contribution < 1.29 is 4.79 Å². The van der Waals surface area contributed by atoms with Crippen LogP contribution in [0.25, 0.3) is 0 Å². The summed E-state index contributed by atoms with van der Waals surface area (Å²) in [5.74, 6) is -0.149. The van der Waals surface area contributed by atoms with Crippen LogP contribution in [0.15, 0.2) is 11.6 Å². The van der Waals surface area contributed by atoms with Gasteiger partial charge in [-0.15, -0.1) is 11.3 Å². The van der Waals surface area contributed by atoms with E-state index in [0.29, 0.717) is 11.7 Å². The molecule has 0 saturated heterocycles. The Kier molecular flexibility index (Phi) is 3.85. The van der Waals surface area contributed by atoms with Gasteiger partial charge in [-0.3, -0.25) is 4.79 Å². The molecule has 0 saturated carbocycles. The van der Waals surface area contributed by atoms with Crippen LogP contribution < -0.4 is 11.1 Å². The zero-order valence-corrected chi connectivity index (χ0v) is 8.30. The lowest BCUT2D eigenvalue weighted by atomic mass is 10.1.